The zero-order valence-corrected chi connectivity index (χ0v) is 6.35. The summed E-state index contributed by atoms with van der Waals surface area (Å²) < 4.78 is 3.47. The van der Waals surface area contributed by atoms with Gasteiger partial charge in [-0.1, -0.05) is 0 Å². The van der Waals surface area contributed by atoms with Crippen molar-refractivity contribution >= 4 is 14.6 Å². The lowest BCUT2D eigenvalue weighted by atomic mass is 10.1. The topological polar surface area (TPSA) is 90.2 Å². The summed E-state index contributed by atoms with van der Waals surface area (Å²) in [5.74, 6) is 5.36. The van der Waals surface area contributed by atoms with Crippen molar-refractivity contribution in [1.29, 1.82) is 0 Å². The molecule has 0 aliphatic rings. The van der Waals surface area contributed by atoms with Crippen LogP contribution in [0, 0.1) is 11.8 Å². The fourth-order valence-electron chi connectivity index (χ4n) is 0.109. The molecule has 0 heterocycles. The van der Waals surface area contributed by atoms with Gasteiger partial charge in [-0.05, 0) is 13.8 Å². The molecule has 0 aliphatic carbocycles. The molecule has 0 saturated heterocycles. The van der Waals surface area contributed by atoms with Crippen molar-refractivity contribution in [2.24, 2.45) is 0 Å². The Bertz CT molecular complexity index is 114. The minimum absolute atomic E-state index is 1.82. The molecular formula is C4H10B2O5. The van der Waals surface area contributed by atoms with E-state index in [-0.39, 0.29) is 0 Å². The summed E-state index contributed by atoms with van der Waals surface area (Å²) in [6.45, 7) is 3.64. The Morgan fingerprint density at radius 3 is 1.18 bits per heavy atom. The average Bonchev–Trinajstić information content (AvgIpc) is 1.85. The second-order valence-electron chi connectivity index (χ2n) is 1.29. The van der Waals surface area contributed by atoms with Crippen molar-refractivity contribution in [1.82, 2.24) is 0 Å². The molecule has 0 radical (unpaired) electrons. The summed E-state index contributed by atoms with van der Waals surface area (Å²) in [6.07, 6.45) is 0. The predicted molar refractivity (Wildman–Crippen MR) is 40.6 cm³/mol. The lowest BCUT2D eigenvalue weighted by molar-refractivity contribution is 0.213. The highest BCUT2D eigenvalue weighted by atomic mass is 16.7. The quantitative estimate of drug-likeness (QED) is 0.276. The van der Waals surface area contributed by atoms with Gasteiger partial charge in [0.15, 0.2) is 0 Å². The molecule has 0 atom stereocenters. The van der Waals surface area contributed by atoms with Crippen molar-refractivity contribution < 1.29 is 24.7 Å². The van der Waals surface area contributed by atoms with Crippen LogP contribution >= 0.6 is 0 Å². The molecule has 7 heteroatoms. The highest BCUT2D eigenvalue weighted by Crippen LogP contribution is 1.73. The van der Waals surface area contributed by atoms with E-state index in [1.165, 1.54) is 0 Å². The van der Waals surface area contributed by atoms with E-state index in [1.54, 1.807) is 0 Å². The molecule has 4 N–H and O–H groups in total. The van der Waals surface area contributed by atoms with E-state index in [0.29, 0.717) is 0 Å². The maximum absolute atomic E-state index is 7.74. The van der Waals surface area contributed by atoms with Gasteiger partial charge in [0.1, 0.15) is 0 Å². The summed E-state index contributed by atoms with van der Waals surface area (Å²) in [7, 11) is -4.25. The summed E-state index contributed by atoms with van der Waals surface area (Å²) >= 11 is 0. The molecular weight excluding hydrogens is 150 g/mol. The van der Waals surface area contributed by atoms with E-state index in [2.05, 4.69) is 16.4 Å². The monoisotopic (exact) mass is 160 g/mol. The van der Waals surface area contributed by atoms with Gasteiger partial charge in [0.2, 0.25) is 0 Å². The van der Waals surface area contributed by atoms with Gasteiger partial charge in [-0.15, -0.1) is 11.8 Å². The Morgan fingerprint density at radius 1 is 0.909 bits per heavy atom. The van der Waals surface area contributed by atoms with Crippen LogP contribution in [0.15, 0.2) is 0 Å². The van der Waals surface area contributed by atoms with Crippen LogP contribution in [0.2, 0.25) is 0 Å². The standard InChI is InChI=1S/C4H6.B2H4O5/c1-3-4-2;3-1(4)7-2(5)6/h1-2H3;3-6H. The van der Waals surface area contributed by atoms with Crippen LogP contribution in [0.5, 0.6) is 0 Å². The van der Waals surface area contributed by atoms with Crippen molar-refractivity contribution in [3.8, 4) is 11.8 Å². The molecule has 0 aliphatic heterocycles. The van der Waals surface area contributed by atoms with E-state index in [9.17, 15) is 0 Å². The zero-order valence-electron chi connectivity index (χ0n) is 6.35. The van der Waals surface area contributed by atoms with Crippen LogP contribution in [-0.2, 0) is 4.57 Å². The van der Waals surface area contributed by atoms with Crippen LogP contribution in [0.3, 0.4) is 0 Å². The molecule has 0 aromatic rings. The van der Waals surface area contributed by atoms with E-state index >= 15 is 0 Å². The van der Waals surface area contributed by atoms with Gasteiger partial charge in [0.05, 0.1) is 0 Å². The SMILES string of the molecule is CC#CC.OB(O)OB(O)O. The molecule has 0 aromatic carbocycles. The first kappa shape index (κ1) is 13.1. The zero-order chi connectivity index (χ0) is 9.28. The Morgan fingerprint density at radius 2 is 1.18 bits per heavy atom. The van der Waals surface area contributed by atoms with E-state index < -0.39 is 14.6 Å². The predicted octanol–water partition coefficient (Wildman–Crippen LogP) is -2.03. The maximum Gasteiger partial charge on any atom is 0.621 e. The third-order valence-electron chi connectivity index (χ3n) is 0.493. The van der Waals surface area contributed by atoms with Gasteiger partial charge in [0.25, 0.3) is 0 Å². The van der Waals surface area contributed by atoms with Gasteiger partial charge in [-0.2, -0.15) is 0 Å². The third-order valence-corrected chi connectivity index (χ3v) is 0.493. The van der Waals surface area contributed by atoms with Gasteiger partial charge in [-0.3, -0.25) is 0 Å². The lowest BCUT2D eigenvalue weighted by Crippen LogP contribution is -2.28. The summed E-state index contributed by atoms with van der Waals surface area (Å²) in [5, 5.41) is 30.9. The highest BCUT2D eigenvalue weighted by Gasteiger charge is 2.18. The average molecular weight is 160 g/mol. The number of hydrogen-bond acceptors (Lipinski definition) is 5. The van der Waals surface area contributed by atoms with Crippen molar-refractivity contribution in [3.63, 3.8) is 0 Å². The van der Waals surface area contributed by atoms with E-state index in [4.69, 9.17) is 20.1 Å². The molecule has 0 saturated carbocycles. The fraction of sp³-hybridized carbons (Fsp3) is 0.500. The molecule has 0 amide bonds. The minimum atomic E-state index is -2.13. The van der Waals surface area contributed by atoms with Gasteiger partial charge in [0, 0.05) is 0 Å². The Labute approximate surface area is 66.0 Å². The van der Waals surface area contributed by atoms with Crippen LogP contribution in [0.1, 0.15) is 13.8 Å². The number of rotatable bonds is 2. The van der Waals surface area contributed by atoms with Crippen molar-refractivity contribution in [2.75, 3.05) is 0 Å². The molecule has 0 unspecified atom stereocenters. The van der Waals surface area contributed by atoms with E-state index in [0.717, 1.165) is 0 Å². The molecule has 0 rings (SSSR count). The third kappa shape index (κ3) is 26.4. The molecule has 62 valence electrons. The normalized spacial score (nSPS) is 6.73. The second kappa shape index (κ2) is 9.49. The lowest BCUT2D eigenvalue weighted by Gasteiger charge is -1.95. The van der Waals surface area contributed by atoms with Crippen molar-refractivity contribution in [3.05, 3.63) is 0 Å². The van der Waals surface area contributed by atoms with Gasteiger partial charge in [-0.25, -0.2) is 0 Å². The fourth-order valence-corrected chi connectivity index (χ4v) is 0.109. The summed E-state index contributed by atoms with van der Waals surface area (Å²) in [4.78, 5) is 0. The van der Waals surface area contributed by atoms with Crippen LogP contribution in [0.4, 0.5) is 0 Å². The first-order valence-corrected chi connectivity index (χ1v) is 2.75. The van der Waals surface area contributed by atoms with E-state index in [1.807, 2.05) is 13.8 Å². The summed E-state index contributed by atoms with van der Waals surface area (Å²) in [6, 6.07) is 0. The molecule has 0 fully saturated rings. The van der Waals surface area contributed by atoms with Crippen LogP contribution < -0.4 is 0 Å². The molecule has 5 nitrogen and oxygen atoms in total. The van der Waals surface area contributed by atoms with Crippen LogP contribution in [0.25, 0.3) is 0 Å². The molecule has 0 aromatic heterocycles. The Kier molecular flexibility index (Phi) is 11.3. The number of hydrogen-bond donors (Lipinski definition) is 4. The Balaban J connectivity index is 0. The Hall–Kier alpha value is -0.510. The molecule has 0 spiro atoms. The molecule has 11 heavy (non-hydrogen) atoms. The summed E-state index contributed by atoms with van der Waals surface area (Å²) in [5.41, 5.74) is 0. The largest absolute Gasteiger partial charge is 0.621 e. The maximum atomic E-state index is 7.74. The first-order chi connectivity index (χ1) is 5.04. The van der Waals surface area contributed by atoms with Crippen LogP contribution in [-0.4, -0.2) is 34.7 Å². The smallest absolute Gasteiger partial charge is 0.402 e. The minimum Gasteiger partial charge on any atom is -0.402 e. The van der Waals surface area contributed by atoms with Crippen molar-refractivity contribution in [2.45, 2.75) is 13.8 Å². The highest BCUT2D eigenvalue weighted by molar-refractivity contribution is 6.48. The molecule has 0 bridgehead atoms. The van der Waals surface area contributed by atoms with Gasteiger partial charge >= 0.3 is 14.6 Å². The second-order valence-corrected chi connectivity index (χ2v) is 1.29. The first-order valence-electron chi connectivity index (χ1n) is 2.75. The van der Waals surface area contributed by atoms with Gasteiger partial charge < -0.3 is 24.7 Å².